The molecule has 0 saturated carbocycles. The zero-order valence-corrected chi connectivity index (χ0v) is 11.6. The van der Waals surface area contributed by atoms with Crippen LogP contribution in [0.25, 0.3) is 0 Å². The standard InChI is InChI=1S/C18H20O2/c19-18(14-17-10-5-2-6-11-17)15-20-13-7-12-16-8-3-1-4-9-16/h1-6,8-11H,7,12-15H2. The number of hydrogen-bond donors (Lipinski definition) is 0. The Morgan fingerprint density at radius 1 is 0.850 bits per heavy atom. The van der Waals surface area contributed by atoms with Gasteiger partial charge in [0, 0.05) is 13.0 Å². The number of aryl methyl sites for hydroxylation is 1. The first-order valence-electron chi connectivity index (χ1n) is 7.02. The molecule has 0 atom stereocenters. The molecule has 0 fully saturated rings. The minimum absolute atomic E-state index is 0.135. The Bertz CT molecular complexity index is 505. The summed E-state index contributed by atoms with van der Waals surface area (Å²) in [5, 5.41) is 0. The smallest absolute Gasteiger partial charge is 0.162 e. The van der Waals surface area contributed by atoms with E-state index in [-0.39, 0.29) is 12.4 Å². The van der Waals surface area contributed by atoms with Gasteiger partial charge in [0.2, 0.25) is 0 Å². The van der Waals surface area contributed by atoms with Crippen LogP contribution in [0.1, 0.15) is 17.5 Å². The molecule has 2 aromatic rings. The van der Waals surface area contributed by atoms with Crippen molar-refractivity contribution < 1.29 is 9.53 Å². The van der Waals surface area contributed by atoms with E-state index < -0.39 is 0 Å². The van der Waals surface area contributed by atoms with Crippen LogP contribution in [0.3, 0.4) is 0 Å². The molecule has 2 aromatic carbocycles. The van der Waals surface area contributed by atoms with Crippen LogP contribution in [-0.2, 0) is 22.4 Å². The average Bonchev–Trinajstić information content (AvgIpc) is 2.49. The molecule has 2 heteroatoms. The summed E-state index contributed by atoms with van der Waals surface area (Å²) in [5.41, 5.74) is 2.36. The van der Waals surface area contributed by atoms with Gasteiger partial charge in [0.25, 0.3) is 0 Å². The molecule has 0 saturated heterocycles. The summed E-state index contributed by atoms with van der Waals surface area (Å²) in [4.78, 5) is 11.7. The van der Waals surface area contributed by atoms with Crippen molar-refractivity contribution in [2.45, 2.75) is 19.3 Å². The largest absolute Gasteiger partial charge is 0.374 e. The van der Waals surface area contributed by atoms with Crippen LogP contribution >= 0.6 is 0 Å². The molecule has 0 unspecified atom stereocenters. The molecule has 2 rings (SSSR count). The molecule has 104 valence electrons. The summed E-state index contributed by atoms with van der Waals surface area (Å²) in [7, 11) is 0. The topological polar surface area (TPSA) is 26.3 Å². The van der Waals surface area contributed by atoms with Crippen molar-refractivity contribution in [3.05, 3.63) is 71.8 Å². The van der Waals surface area contributed by atoms with Crippen LogP contribution in [0.15, 0.2) is 60.7 Å². The first-order chi connectivity index (χ1) is 9.84. The lowest BCUT2D eigenvalue weighted by Crippen LogP contribution is -2.12. The predicted octanol–water partition coefficient (Wildman–Crippen LogP) is 3.45. The third kappa shape index (κ3) is 5.37. The summed E-state index contributed by atoms with van der Waals surface area (Å²) in [5.74, 6) is 0.135. The second-order valence-corrected chi connectivity index (χ2v) is 4.84. The van der Waals surface area contributed by atoms with Gasteiger partial charge < -0.3 is 4.74 Å². The molecule has 0 radical (unpaired) electrons. The summed E-state index contributed by atoms with van der Waals surface area (Å²) in [6.45, 7) is 0.846. The van der Waals surface area contributed by atoms with Gasteiger partial charge in [-0.25, -0.2) is 0 Å². The molecule has 0 aliphatic rings. The Balaban J connectivity index is 1.58. The van der Waals surface area contributed by atoms with Crippen LogP contribution in [0.5, 0.6) is 0 Å². The quantitative estimate of drug-likeness (QED) is 0.685. The van der Waals surface area contributed by atoms with Gasteiger partial charge in [0.1, 0.15) is 6.61 Å². The number of hydrogen-bond acceptors (Lipinski definition) is 2. The van der Waals surface area contributed by atoms with Crippen LogP contribution in [0, 0.1) is 0 Å². The van der Waals surface area contributed by atoms with Crippen molar-refractivity contribution in [3.8, 4) is 0 Å². The van der Waals surface area contributed by atoms with E-state index in [9.17, 15) is 4.79 Å². The van der Waals surface area contributed by atoms with Crippen molar-refractivity contribution in [2.75, 3.05) is 13.2 Å². The van der Waals surface area contributed by atoms with E-state index in [1.807, 2.05) is 48.5 Å². The van der Waals surface area contributed by atoms with E-state index >= 15 is 0 Å². The van der Waals surface area contributed by atoms with Gasteiger partial charge in [-0.1, -0.05) is 60.7 Å². The van der Waals surface area contributed by atoms with Crippen molar-refractivity contribution in [3.63, 3.8) is 0 Å². The summed E-state index contributed by atoms with van der Waals surface area (Å²) in [6, 6.07) is 20.1. The molecule has 0 aromatic heterocycles. The number of ether oxygens (including phenoxy) is 1. The van der Waals surface area contributed by atoms with Gasteiger partial charge in [-0.05, 0) is 24.0 Å². The molecule has 0 spiro atoms. The van der Waals surface area contributed by atoms with Gasteiger partial charge >= 0.3 is 0 Å². The van der Waals surface area contributed by atoms with Crippen molar-refractivity contribution in [1.29, 1.82) is 0 Å². The fraction of sp³-hybridized carbons (Fsp3) is 0.278. The van der Waals surface area contributed by atoms with Gasteiger partial charge in [-0.2, -0.15) is 0 Å². The Kier molecular flexibility index (Phi) is 6.00. The lowest BCUT2D eigenvalue weighted by Gasteiger charge is -2.04. The molecule has 0 N–H and O–H groups in total. The molecular formula is C18H20O2. The van der Waals surface area contributed by atoms with Gasteiger partial charge in [-0.3, -0.25) is 4.79 Å². The third-order valence-corrected chi connectivity index (χ3v) is 3.10. The average molecular weight is 268 g/mol. The molecule has 0 bridgehead atoms. The van der Waals surface area contributed by atoms with Crippen LogP contribution < -0.4 is 0 Å². The second kappa shape index (κ2) is 8.28. The Hall–Kier alpha value is -1.93. The lowest BCUT2D eigenvalue weighted by atomic mass is 10.1. The highest BCUT2D eigenvalue weighted by molar-refractivity contribution is 5.82. The first-order valence-corrected chi connectivity index (χ1v) is 7.02. The third-order valence-electron chi connectivity index (χ3n) is 3.10. The number of benzene rings is 2. The van der Waals surface area contributed by atoms with E-state index in [0.29, 0.717) is 13.0 Å². The maximum absolute atomic E-state index is 11.7. The highest BCUT2D eigenvalue weighted by Crippen LogP contribution is 2.03. The van der Waals surface area contributed by atoms with E-state index in [1.54, 1.807) is 0 Å². The zero-order valence-electron chi connectivity index (χ0n) is 11.6. The predicted molar refractivity (Wildman–Crippen MR) is 80.7 cm³/mol. The van der Waals surface area contributed by atoms with Crippen LogP contribution in [-0.4, -0.2) is 19.0 Å². The minimum atomic E-state index is 0.135. The fourth-order valence-corrected chi connectivity index (χ4v) is 2.08. The van der Waals surface area contributed by atoms with E-state index in [2.05, 4.69) is 12.1 Å². The minimum Gasteiger partial charge on any atom is -0.374 e. The molecule has 0 amide bonds. The van der Waals surface area contributed by atoms with Gasteiger partial charge in [0.15, 0.2) is 5.78 Å². The van der Waals surface area contributed by atoms with E-state index in [0.717, 1.165) is 18.4 Å². The molecule has 0 heterocycles. The molecule has 0 aliphatic carbocycles. The molecular weight excluding hydrogens is 248 g/mol. The number of rotatable bonds is 8. The SMILES string of the molecule is O=C(COCCCc1ccccc1)Cc1ccccc1. The maximum Gasteiger partial charge on any atom is 0.162 e. The number of carbonyl (C=O) groups is 1. The number of Topliss-reactive ketones (excluding diaryl/α,β-unsaturated/α-hetero) is 1. The maximum atomic E-state index is 11.7. The van der Waals surface area contributed by atoms with Crippen molar-refractivity contribution >= 4 is 5.78 Å². The molecule has 0 aliphatic heterocycles. The Morgan fingerprint density at radius 3 is 2.10 bits per heavy atom. The van der Waals surface area contributed by atoms with Gasteiger partial charge in [0.05, 0.1) is 0 Å². The highest BCUT2D eigenvalue weighted by atomic mass is 16.5. The fourth-order valence-electron chi connectivity index (χ4n) is 2.08. The first kappa shape index (κ1) is 14.5. The van der Waals surface area contributed by atoms with Crippen LogP contribution in [0.4, 0.5) is 0 Å². The molecule has 20 heavy (non-hydrogen) atoms. The normalized spacial score (nSPS) is 10.4. The zero-order chi connectivity index (χ0) is 14.0. The lowest BCUT2D eigenvalue weighted by molar-refractivity contribution is -0.122. The van der Waals surface area contributed by atoms with Crippen molar-refractivity contribution in [2.24, 2.45) is 0 Å². The van der Waals surface area contributed by atoms with E-state index in [1.165, 1.54) is 5.56 Å². The highest BCUT2D eigenvalue weighted by Gasteiger charge is 2.03. The monoisotopic (exact) mass is 268 g/mol. The second-order valence-electron chi connectivity index (χ2n) is 4.84. The number of ketones is 1. The van der Waals surface area contributed by atoms with Crippen molar-refractivity contribution in [1.82, 2.24) is 0 Å². The molecule has 2 nitrogen and oxygen atoms in total. The summed E-state index contributed by atoms with van der Waals surface area (Å²) < 4.78 is 5.44. The Morgan fingerprint density at radius 2 is 1.45 bits per heavy atom. The summed E-state index contributed by atoms with van der Waals surface area (Å²) >= 11 is 0. The number of carbonyl (C=O) groups excluding carboxylic acids is 1. The van der Waals surface area contributed by atoms with Crippen LogP contribution in [0.2, 0.25) is 0 Å². The summed E-state index contributed by atoms with van der Waals surface area (Å²) in [6.07, 6.45) is 2.40. The Labute approximate surface area is 120 Å². The van der Waals surface area contributed by atoms with Gasteiger partial charge in [-0.15, -0.1) is 0 Å². The van der Waals surface area contributed by atoms with E-state index in [4.69, 9.17) is 4.74 Å².